The number of fused-ring (bicyclic) bond motifs is 7. The fourth-order valence-electron chi connectivity index (χ4n) is 13.4. The van der Waals surface area contributed by atoms with Crippen LogP contribution < -0.4 is 5.32 Å². The molecular weight excluding hydrogens is 746 g/mol. The zero-order valence-electron chi connectivity index (χ0n) is 37.8. The van der Waals surface area contributed by atoms with Crippen LogP contribution in [-0.4, -0.2) is 35.3 Å². The summed E-state index contributed by atoms with van der Waals surface area (Å²) in [5.74, 6) is 0.639. The van der Waals surface area contributed by atoms with E-state index in [9.17, 15) is 19.2 Å². The molecule has 4 saturated carbocycles. The number of ketones is 1. The van der Waals surface area contributed by atoms with Crippen molar-refractivity contribution in [2.45, 2.75) is 172 Å². The highest BCUT2D eigenvalue weighted by molar-refractivity contribution is 6.30. The summed E-state index contributed by atoms with van der Waals surface area (Å²) in [6.07, 6.45) is 12.0. The van der Waals surface area contributed by atoms with E-state index in [4.69, 9.17) is 21.1 Å². The Kier molecular flexibility index (Phi) is 11.7. The van der Waals surface area contributed by atoms with Crippen LogP contribution in [0.15, 0.2) is 47.6 Å². The summed E-state index contributed by atoms with van der Waals surface area (Å²) >= 11 is 6.11. The van der Waals surface area contributed by atoms with Gasteiger partial charge in [0.25, 0.3) is 0 Å². The highest BCUT2D eigenvalue weighted by atomic mass is 35.5. The van der Waals surface area contributed by atoms with Gasteiger partial charge < -0.3 is 14.8 Å². The third-order valence-corrected chi connectivity index (χ3v) is 16.8. The molecule has 4 fully saturated rings. The van der Waals surface area contributed by atoms with Gasteiger partial charge in [-0.25, -0.2) is 0 Å². The Morgan fingerprint density at radius 1 is 0.862 bits per heavy atom. The standard InChI is InChI=1S/C50H72ClNO6/c1-30(2)41-35(53)28-50(25-22-39(54)52-31(3)32-14-16-33(51)17-15-32)27-26-48(12)34(42(41)50)18-19-37-47(11)23-21-38(46(9,10)36(47)20-24-49(37,48)13)57-40(55)29-45(7,8)43(56)58-44(4,5)6/h14-17,22,25,30-31,34,36-38H,18-21,23-24,26-29H2,1-13H3,(H,52,54)/t31-,34-,36+,37-,38+,47+,48-,49-,50+/m1/s1. The SMILES string of the molecule is CC(C)C1=C2[C@H]3CC[C@@H]4[C@@]5(C)CC[C@H](OC(=O)CC(C)(C)C(=O)OC(C)(C)C)C(C)(C)[C@@H]5CC[C@@]4(C)[C@]3(C)CC[C@@]2(C=CC(=O)N[C@H](C)c2ccc(Cl)cc2)CC1=O. The summed E-state index contributed by atoms with van der Waals surface area (Å²) in [5.41, 5.74) is 1.16. The lowest BCUT2D eigenvalue weighted by atomic mass is 9.33. The minimum absolute atomic E-state index is 0.00656. The summed E-state index contributed by atoms with van der Waals surface area (Å²) in [5, 5.41) is 3.80. The molecule has 0 spiro atoms. The molecule has 6 rings (SSSR count). The Morgan fingerprint density at radius 2 is 1.52 bits per heavy atom. The predicted octanol–water partition coefficient (Wildman–Crippen LogP) is 11.7. The first kappa shape index (κ1) is 44.6. The molecule has 320 valence electrons. The third kappa shape index (κ3) is 7.66. The average Bonchev–Trinajstić information content (AvgIpc) is 3.40. The molecule has 0 aliphatic heterocycles. The molecule has 0 unspecified atom stereocenters. The van der Waals surface area contributed by atoms with E-state index >= 15 is 0 Å². The van der Waals surface area contributed by atoms with Gasteiger partial charge in [0, 0.05) is 22.3 Å². The van der Waals surface area contributed by atoms with Gasteiger partial charge in [-0.15, -0.1) is 0 Å². The number of Topliss-reactive ketones (excluding diaryl/α,β-unsaturated/α-hetero) is 1. The van der Waals surface area contributed by atoms with Gasteiger partial charge in [-0.3, -0.25) is 19.2 Å². The van der Waals surface area contributed by atoms with Crippen molar-refractivity contribution < 1.29 is 28.7 Å². The molecule has 7 nitrogen and oxygen atoms in total. The fraction of sp³-hybridized carbons (Fsp3) is 0.720. The second kappa shape index (κ2) is 15.2. The van der Waals surface area contributed by atoms with E-state index in [2.05, 4.69) is 59.9 Å². The largest absolute Gasteiger partial charge is 0.462 e. The van der Waals surface area contributed by atoms with Crippen LogP contribution in [0.5, 0.6) is 0 Å². The molecule has 9 atom stereocenters. The number of hydrogen-bond acceptors (Lipinski definition) is 6. The number of amides is 1. The summed E-state index contributed by atoms with van der Waals surface area (Å²) in [6.45, 7) is 27.6. The minimum Gasteiger partial charge on any atom is -0.462 e. The lowest BCUT2D eigenvalue weighted by Gasteiger charge is -2.72. The molecule has 1 N–H and O–H groups in total. The molecular formula is C50H72ClNO6. The van der Waals surface area contributed by atoms with Gasteiger partial charge in [-0.2, -0.15) is 0 Å². The quantitative estimate of drug-likeness (QED) is 0.197. The second-order valence-electron chi connectivity index (χ2n) is 22.4. The van der Waals surface area contributed by atoms with Gasteiger partial charge in [0.2, 0.25) is 5.91 Å². The van der Waals surface area contributed by atoms with Crippen LogP contribution >= 0.6 is 11.6 Å². The molecule has 0 aromatic heterocycles. The second-order valence-corrected chi connectivity index (χ2v) is 22.8. The molecule has 0 bridgehead atoms. The summed E-state index contributed by atoms with van der Waals surface area (Å²) < 4.78 is 12.0. The fourth-order valence-corrected chi connectivity index (χ4v) is 13.6. The van der Waals surface area contributed by atoms with Crippen molar-refractivity contribution in [2.24, 2.45) is 56.2 Å². The Balaban J connectivity index is 1.23. The van der Waals surface area contributed by atoms with E-state index in [1.54, 1.807) is 19.9 Å². The molecule has 0 heterocycles. The van der Waals surface area contributed by atoms with E-state index in [1.807, 2.05) is 52.0 Å². The zero-order valence-corrected chi connectivity index (χ0v) is 38.6. The number of nitrogens with one attached hydrogen (secondary N) is 1. The number of rotatable bonds is 9. The number of hydrogen-bond donors (Lipinski definition) is 1. The summed E-state index contributed by atoms with van der Waals surface area (Å²) in [7, 11) is 0. The van der Waals surface area contributed by atoms with E-state index < -0.39 is 16.4 Å². The van der Waals surface area contributed by atoms with Gasteiger partial charge >= 0.3 is 11.9 Å². The van der Waals surface area contributed by atoms with Crippen LogP contribution in [0.3, 0.4) is 0 Å². The Labute approximate surface area is 354 Å². The van der Waals surface area contributed by atoms with E-state index in [1.165, 1.54) is 5.57 Å². The van der Waals surface area contributed by atoms with Crippen molar-refractivity contribution in [3.8, 4) is 0 Å². The van der Waals surface area contributed by atoms with Gasteiger partial charge in [-0.1, -0.05) is 78.3 Å². The molecule has 8 heteroatoms. The molecule has 1 amide bonds. The van der Waals surface area contributed by atoms with Crippen LogP contribution in [0, 0.1) is 56.2 Å². The zero-order chi connectivity index (χ0) is 43.0. The Bertz CT molecular complexity index is 1870. The molecule has 0 saturated heterocycles. The smallest absolute Gasteiger partial charge is 0.312 e. The van der Waals surface area contributed by atoms with E-state index in [0.29, 0.717) is 23.3 Å². The maximum atomic E-state index is 14.1. The van der Waals surface area contributed by atoms with Crippen LogP contribution in [-0.2, 0) is 28.7 Å². The maximum absolute atomic E-state index is 14.1. The van der Waals surface area contributed by atoms with Crippen LogP contribution in [0.25, 0.3) is 0 Å². The molecule has 5 aliphatic rings. The number of esters is 2. The number of carbonyl (C=O) groups is 4. The monoisotopic (exact) mass is 818 g/mol. The van der Waals surface area contributed by atoms with Crippen LogP contribution in [0.1, 0.15) is 166 Å². The van der Waals surface area contributed by atoms with Crippen LogP contribution in [0.2, 0.25) is 5.02 Å². The van der Waals surface area contributed by atoms with Crippen molar-refractivity contribution in [3.05, 3.63) is 58.1 Å². The molecule has 1 aromatic carbocycles. The average molecular weight is 819 g/mol. The van der Waals surface area contributed by atoms with Crippen molar-refractivity contribution in [2.75, 3.05) is 0 Å². The van der Waals surface area contributed by atoms with Gasteiger partial charge in [0.1, 0.15) is 11.7 Å². The summed E-state index contributed by atoms with van der Waals surface area (Å²) in [6, 6.07) is 7.38. The van der Waals surface area contributed by atoms with Crippen LogP contribution in [0.4, 0.5) is 0 Å². The molecule has 1 aromatic rings. The van der Waals surface area contributed by atoms with Crippen molar-refractivity contribution in [1.29, 1.82) is 0 Å². The van der Waals surface area contributed by atoms with Gasteiger partial charge in [-0.05, 0) is 168 Å². The lowest BCUT2D eigenvalue weighted by Crippen LogP contribution is -2.65. The first-order valence-electron chi connectivity index (χ1n) is 22.2. The van der Waals surface area contributed by atoms with Crippen molar-refractivity contribution in [3.63, 3.8) is 0 Å². The number of ether oxygens (including phenoxy) is 2. The molecule has 5 aliphatic carbocycles. The molecule has 58 heavy (non-hydrogen) atoms. The third-order valence-electron chi connectivity index (χ3n) is 16.5. The minimum atomic E-state index is -0.983. The van der Waals surface area contributed by atoms with Crippen molar-refractivity contribution >= 4 is 35.2 Å². The highest BCUT2D eigenvalue weighted by Gasteiger charge is 2.70. The van der Waals surface area contributed by atoms with Gasteiger partial charge in [0.15, 0.2) is 5.78 Å². The van der Waals surface area contributed by atoms with E-state index in [-0.39, 0.29) is 75.7 Å². The normalized spacial score (nSPS) is 35.1. The predicted molar refractivity (Wildman–Crippen MR) is 231 cm³/mol. The number of benzene rings is 1. The Morgan fingerprint density at radius 3 is 2.14 bits per heavy atom. The summed E-state index contributed by atoms with van der Waals surface area (Å²) in [4.78, 5) is 54.1. The topological polar surface area (TPSA) is 98.8 Å². The molecule has 0 radical (unpaired) electrons. The number of carbonyl (C=O) groups excluding carboxylic acids is 4. The first-order valence-corrected chi connectivity index (χ1v) is 22.5. The highest BCUT2D eigenvalue weighted by Crippen LogP contribution is 2.77. The van der Waals surface area contributed by atoms with Crippen molar-refractivity contribution in [1.82, 2.24) is 5.32 Å². The first-order chi connectivity index (χ1) is 26.7. The Hall–Kier alpha value is -2.93. The number of halogens is 1. The van der Waals surface area contributed by atoms with Gasteiger partial charge in [0.05, 0.1) is 17.9 Å². The maximum Gasteiger partial charge on any atom is 0.312 e. The lowest BCUT2D eigenvalue weighted by molar-refractivity contribution is -0.232. The van der Waals surface area contributed by atoms with E-state index in [0.717, 1.165) is 62.5 Å². The number of allylic oxidation sites excluding steroid dienone is 3.